The summed E-state index contributed by atoms with van der Waals surface area (Å²) in [5.74, 6) is -6.30. The Morgan fingerprint density at radius 2 is 0.971 bits per heavy atom. The summed E-state index contributed by atoms with van der Waals surface area (Å²) in [6.45, 7) is 9.26. The first-order chi connectivity index (χ1) is 16.0. The molecule has 0 radical (unpaired) electrons. The zero-order chi connectivity index (χ0) is 25.5. The van der Waals surface area contributed by atoms with Gasteiger partial charge in [0.1, 0.15) is 13.2 Å². The Balaban J connectivity index is 2.78. The molecule has 0 heterocycles. The highest BCUT2D eigenvalue weighted by Gasteiger charge is 2.71. The maximum Gasteiger partial charge on any atom is 0.351 e. The van der Waals surface area contributed by atoms with Crippen LogP contribution in [0.3, 0.4) is 0 Å². The maximum absolute atomic E-state index is 13.5. The second-order valence-electron chi connectivity index (χ2n) is 7.88. The normalized spacial score (nSPS) is 14.1. The van der Waals surface area contributed by atoms with E-state index >= 15 is 0 Å². The number of aliphatic hydroxyl groups is 2. The molecular weight excluding hydrogens is 440 g/mol. The minimum absolute atomic E-state index is 0.260. The van der Waals surface area contributed by atoms with E-state index in [1.54, 1.807) is 12.1 Å². The Labute approximate surface area is 197 Å². The van der Waals surface area contributed by atoms with Gasteiger partial charge in [-0.25, -0.2) is 9.59 Å². The van der Waals surface area contributed by atoms with Crippen molar-refractivity contribution < 1.29 is 38.9 Å². The number of benzene rings is 2. The van der Waals surface area contributed by atoms with Crippen molar-refractivity contribution in [2.75, 3.05) is 13.2 Å². The Morgan fingerprint density at radius 3 is 1.24 bits per heavy atom. The standard InChI is InChI=1S/C26H26O8/c1-17(2)15-33-23(29)25(31,21(27)19-11-7-5-8-12-19)26(32,24(30)34-16-18(3)4)22(28)20-13-9-6-10-14-20/h5-14,31-32H,1,3,15-16H2,2,4H3. The highest BCUT2D eigenvalue weighted by atomic mass is 16.6. The largest absolute Gasteiger partial charge is 0.459 e. The molecule has 2 unspecified atom stereocenters. The van der Waals surface area contributed by atoms with Crippen molar-refractivity contribution in [3.8, 4) is 0 Å². The lowest BCUT2D eigenvalue weighted by molar-refractivity contribution is -0.193. The summed E-state index contributed by atoms with van der Waals surface area (Å²) in [6.07, 6.45) is 0. The fraction of sp³-hybridized carbons (Fsp3) is 0.231. The molecule has 2 aromatic rings. The van der Waals surface area contributed by atoms with Crippen molar-refractivity contribution in [1.29, 1.82) is 0 Å². The van der Waals surface area contributed by atoms with Crippen molar-refractivity contribution in [2.45, 2.75) is 25.0 Å². The van der Waals surface area contributed by atoms with E-state index in [-0.39, 0.29) is 11.1 Å². The predicted molar refractivity (Wildman–Crippen MR) is 123 cm³/mol. The smallest absolute Gasteiger partial charge is 0.351 e. The number of rotatable bonds is 11. The van der Waals surface area contributed by atoms with Crippen LogP contribution >= 0.6 is 0 Å². The average molecular weight is 466 g/mol. The van der Waals surface area contributed by atoms with Crippen LogP contribution in [0.4, 0.5) is 0 Å². The average Bonchev–Trinajstić information content (AvgIpc) is 2.84. The van der Waals surface area contributed by atoms with Crippen molar-refractivity contribution in [3.63, 3.8) is 0 Å². The third kappa shape index (κ3) is 5.19. The van der Waals surface area contributed by atoms with Gasteiger partial charge in [-0.2, -0.15) is 0 Å². The highest BCUT2D eigenvalue weighted by Crippen LogP contribution is 2.33. The van der Waals surface area contributed by atoms with E-state index in [9.17, 15) is 29.4 Å². The lowest BCUT2D eigenvalue weighted by Gasteiger charge is -2.37. The molecule has 8 heteroatoms. The van der Waals surface area contributed by atoms with E-state index < -0.39 is 47.9 Å². The number of esters is 2. The molecule has 34 heavy (non-hydrogen) atoms. The van der Waals surface area contributed by atoms with Crippen LogP contribution in [0.2, 0.25) is 0 Å². The number of Topliss-reactive ketones (excluding diaryl/α,β-unsaturated/α-hetero) is 2. The molecule has 0 fully saturated rings. The monoisotopic (exact) mass is 466 g/mol. The van der Waals surface area contributed by atoms with Crippen molar-refractivity contribution in [2.24, 2.45) is 0 Å². The lowest BCUT2D eigenvalue weighted by atomic mass is 9.73. The molecule has 0 aliphatic rings. The van der Waals surface area contributed by atoms with Gasteiger partial charge in [-0.05, 0) is 25.0 Å². The highest BCUT2D eigenvalue weighted by molar-refractivity contribution is 6.28. The molecule has 2 atom stereocenters. The molecule has 0 aliphatic carbocycles. The molecule has 8 nitrogen and oxygen atoms in total. The second kappa shape index (κ2) is 10.8. The summed E-state index contributed by atoms with van der Waals surface area (Å²) in [4.78, 5) is 53.2. The van der Waals surface area contributed by atoms with Gasteiger partial charge in [0.15, 0.2) is 0 Å². The van der Waals surface area contributed by atoms with Gasteiger partial charge < -0.3 is 19.7 Å². The molecular formula is C26H26O8. The summed E-state index contributed by atoms with van der Waals surface area (Å²) in [7, 11) is 0. The van der Waals surface area contributed by atoms with E-state index in [1.165, 1.54) is 62.4 Å². The molecule has 0 saturated heterocycles. The van der Waals surface area contributed by atoms with Crippen LogP contribution in [0.15, 0.2) is 85.0 Å². The number of hydrogen-bond donors (Lipinski definition) is 2. The van der Waals surface area contributed by atoms with E-state index in [0.29, 0.717) is 11.1 Å². The first-order valence-corrected chi connectivity index (χ1v) is 10.2. The zero-order valence-corrected chi connectivity index (χ0v) is 18.9. The van der Waals surface area contributed by atoms with Crippen LogP contribution in [0.1, 0.15) is 34.6 Å². The Bertz CT molecular complexity index is 1020. The fourth-order valence-electron chi connectivity index (χ4n) is 2.99. The molecule has 0 aromatic heterocycles. The first kappa shape index (κ1) is 26.4. The quantitative estimate of drug-likeness (QED) is 0.224. The van der Waals surface area contributed by atoms with Gasteiger partial charge >= 0.3 is 11.9 Å². The first-order valence-electron chi connectivity index (χ1n) is 10.2. The summed E-state index contributed by atoms with van der Waals surface area (Å²) >= 11 is 0. The third-order valence-corrected chi connectivity index (χ3v) is 4.74. The number of ketones is 2. The number of carbonyl (C=O) groups excluding carboxylic acids is 4. The summed E-state index contributed by atoms with van der Waals surface area (Å²) < 4.78 is 9.94. The Kier molecular flexibility index (Phi) is 8.40. The van der Waals surface area contributed by atoms with Crippen molar-refractivity contribution in [3.05, 3.63) is 96.1 Å². The van der Waals surface area contributed by atoms with Crippen LogP contribution in [0.25, 0.3) is 0 Å². The van der Waals surface area contributed by atoms with Crippen molar-refractivity contribution in [1.82, 2.24) is 0 Å². The van der Waals surface area contributed by atoms with Gasteiger partial charge in [-0.3, -0.25) is 9.59 Å². The number of carbonyl (C=O) groups is 4. The molecule has 2 rings (SSSR count). The van der Waals surface area contributed by atoms with Crippen molar-refractivity contribution >= 4 is 23.5 Å². The minimum atomic E-state index is -3.69. The summed E-state index contributed by atoms with van der Waals surface area (Å²) in [5.41, 5.74) is -7.23. The third-order valence-electron chi connectivity index (χ3n) is 4.74. The van der Waals surface area contributed by atoms with E-state index in [1.807, 2.05) is 0 Å². The predicted octanol–water partition coefficient (Wildman–Crippen LogP) is 2.45. The van der Waals surface area contributed by atoms with Crippen LogP contribution in [-0.2, 0) is 19.1 Å². The Hall–Kier alpha value is -3.88. The van der Waals surface area contributed by atoms with Gasteiger partial charge in [-0.15, -0.1) is 0 Å². The molecule has 0 bridgehead atoms. The number of hydrogen-bond acceptors (Lipinski definition) is 8. The molecule has 178 valence electrons. The Morgan fingerprint density at radius 1 is 0.676 bits per heavy atom. The topological polar surface area (TPSA) is 127 Å². The molecule has 0 saturated carbocycles. The SMILES string of the molecule is C=C(C)COC(=O)C(O)(C(=O)c1ccccc1)C(O)(C(=O)OCC(=C)C)C(=O)c1ccccc1. The van der Waals surface area contributed by atoms with Crippen LogP contribution in [0, 0.1) is 0 Å². The van der Waals surface area contributed by atoms with Gasteiger partial charge in [0.05, 0.1) is 0 Å². The molecule has 2 aromatic carbocycles. The van der Waals surface area contributed by atoms with Crippen LogP contribution in [0.5, 0.6) is 0 Å². The van der Waals surface area contributed by atoms with E-state index in [2.05, 4.69) is 13.2 Å². The minimum Gasteiger partial charge on any atom is -0.459 e. The van der Waals surface area contributed by atoms with Gasteiger partial charge in [0.2, 0.25) is 11.6 Å². The van der Waals surface area contributed by atoms with Gasteiger partial charge in [0.25, 0.3) is 11.2 Å². The lowest BCUT2D eigenvalue weighted by Crippen LogP contribution is -2.72. The second-order valence-corrected chi connectivity index (χ2v) is 7.88. The molecule has 0 aliphatic heterocycles. The summed E-state index contributed by atoms with van der Waals surface area (Å²) in [5, 5.41) is 23.1. The maximum atomic E-state index is 13.5. The molecule has 2 N–H and O–H groups in total. The number of ether oxygens (including phenoxy) is 2. The molecule has 0 amide bonds. The van der Waals surface area contributed by atoms with Crippen LogP contribution < -0.4 is 0 Å². The zero-order valence-electron chi connectivity index (χ0n) is 18.9. The fourth-order valence-corrected chi connectivity index (χ4v) is 2.99. The van der Waals surface area contributed by atoms with Gasteiger partial charge in [-0.1, -0.05) is 73.8 Å². The van der Waals surface area contributed by atoms with Gasteiger partial charge in [0, 0.05) is 11.1 Å². The molecule has 0 spiro atoms. The van der Waals surface area contributed by atoms with Crippen LogP contribution in [-0.4, -0.2) is 58.1 Å². The van der Waals surface area contributed by atoms with E-state index in [0.717, 1.165) is 0 Å². The van der Waals surface area contributed by atoms with E-state index in [4.69, 9.17) is 9.47 Å². The summed E-state index contributed by atoms with van der Waals surface area (Å²) in [6, 6.07) is 13.8.